The van der Waals surface area contributed by atoms with Crippen LogP contribution in [0.5, 0.6) is 11.6 Å². The number of ether oxygens (including phenoxy) is 2. The predicted octanol–water partition coefficient (Wildman–Crippen LogP) is 4.53. The minimum atomic E-state index is -0.433. The fraction of sp³-hybridized carbons (Fsp3) is 0.238. The van der Waals surface area contributed by atoms with E-state index in [2.05, 4.69) is 18.9 Å². The van der Waals surface area contributed by atoms with E-state index in [4.69, 9.17) is 9.47 Å². The summed E-state index contributed by atoms with van der Waals surface area (Å²) in [6.07, 6.45) is 0. The van der Waals surface area contributed by atoms with Gasteiger partial charge in [-0.1, -0.05) is 32.0 Å². The number of esters is 1. The van der Waals surface area contributed by atoms with Crippen LogP contribution < -0.4 is 9.47 Å². The van der Waals surface area contributed by atoms with Gasteiger partial charge < -0.3 is 9.47 Å². The molecule has 0 aliphatic carbocycles. The van der Waals surface area contributed by atoms with Crippen LogP contribution in [-0.4, -0.2) is 22.9 Å². The van der Waals surface area contributed by atoms with Crippen molar-refractivity contribution in [3.8, 4) is 17.3 Å². The zero-order chi connectivity index (χ0) is 18.7. The fourth-order valence-electron chi connectivity index (χ4n) is 2.59. The lowest BCUT2D eigenvalue weighted by molar-refractivity contribution is 0.0723. The number of hydrogen-bond donors (Lipinski definition) is 0. The van der Waals surface area contributed by atoms with E-state index in [-0.39, 0.29) is 5.92 Å². The van der Waals surface area contributed by atoms with Crippen LogP contribution in [0.4, 0.5) is 0 Å². The third-order valence-corrected chi connectivity index (χ3v) is 4.15. The van der Waals surface area contributed by atoms with Gasteiger partial charge in [-0.2, -0.15) is 5.10 Å². The van der Waals surface area contributed by atoms with E-state index in [1.54, 1.807) is 36.1 Å². The van der Waals surface area contributed by atoms with Gasteiger partial charge in [-0.05, 0) is 48.7 Å². The number of para-hydroxylation sites is 1. The van der Waals surface area contributed by atoms with E-state index in [9.17, 15) is 4.79 Å². The number of benzene rings is 2. The topological polar surface area (TPSA) is 53.4 Å². The second-order valence-electron chi connectivity index (χ2n) is 6.38. The molecule has 0 saturated carbocycles. The van der Waals surface area contributed by atoms with Gasteiger partial charge in [0.15, 0.2) is 0 Å². The quantitative estimate of drug-likeness (QED) is 0.634. The molecule has 0 atom stereocenters. The Kier molecular flexibility index (Phi) is 5.07. The first-order chi connectivity index (χ1) is 12.5. The van der Waals surface area contributed by atoms with Crippen LogP contribution in [0.1, 0.15) is 41.4 Å². The molecule has 2 aromatic carbocycles. The summed E-state index contributed by atoms with van der Waals surface area (Å²) >= 11 is 0. The van der Waals surface area contributed by atoms with Crippen LogP contribution in [-0.2, 0) is 0 Å². The average Bonchev–Trinajstić information content (AvgIpc) is 3.06. The van der Waals surface area contributed by atoms with E-state index in [0.717, 1.165) is 16.9 Å². The van der Waals surface area contributed by atoms with Crippen molar-refractivity contribution < 1.29 is 14.3 Å². The smallest absolute Gasteiger partial charge is 0.344 e. The van der Waals surface area contributed by atoms with Crippen LogP contribution >= 0.6 is 0 Å². The lowest BCUT2D eigenvalue weighted by Crippen LogP contribution is -2.12. The lowest BCUT2D eigenvalue weighted by Gasteiger charge is -2.10. The molecule has 0 amide bonds. The number of nitrogens with zero attached hydrogens (tertiary/aromatic N) is 2. The van der Waals surface area contributed by atoms with Crippen molar-refractivity contribution in [1.82, 2.24) is 9.78 Å². The van der Waals surface area contributed by atoms with Gasteiger partial charge in [0.05, 0.1) is 24.1 Å². The van der Waals surface area contributed by atoms with Crippen LogP contribution in [0.25, 0.3) is 5.69 Å². The van der Waals surface area contributed by atoms with E-state index in [0.29, 0.717) is 17.2 Å². The van der Waals surface area contributed by atoms with Crippen LogP contribution in [0.2, 0.25) is 0 Å². The maximum atomic E-state index is 12.6. The molecule has 0 saturated heterocycles. The zero-order valence-corrected chi connectivity index (χ0v) is 15.4. The first-order valence-corrected chi connectivity index (χ1v) is 8.52. The molecule has 5 heteroatoms. The molecule has 0 unspecified atom stereocenters. The molecular weight excluding hydrogens is 328 g/mol. The number of methoxy groups -OCH3 is 1. The van der Waals surface area contributed by atoms with Gasteiger partial charge in [0, 0.05) is 6.07 Å². The van der Waals surface area contributed by atoms with Crippen molar-refractivity contribution in [2.75, 3.05) is 7.11 Å². The van der Waals surface area contributed by atoms with Crippen molar-refractivity contribution in [3.05, 3.63) is 71.4 Å². The molecule has 0 aliphatic rings. The molecular formula is C21H22N2O3. The number of carbonyl (C=O) groups is 1. The highest BCUT2D eigenvalue weighted by Crippen LogP contribution is 2.26. The van der Waals surface area contributed by atoms with Crippen molar-refractivity contribution in [2.24, 2.45) is 0 Å². The summed E-state index contributed by atoms with van der Waals surface area (Å²) in [4.78, 5) is 12.6. The SMILES string of the molecule is COc1ccc(C(=O)Oc2cc(C(C)C)nn2-c2ccccc2C)cc1. The van der Waals surface area contributed by atoms with Gasteiger partial charge in [0.25, 0.3) is 0 Å². The fourth-order valence-corrected chi connectivity index (χ4v) is 2.59. The first-order valence-electron chi connectivity index (χ1n) is 8.52. The van der Waals surface area contributed by atoms with Crippen molar-refractivity contribution in [1.29, 1.82) is 0 Å². The van der Waals surface area contributed by atoms with Crippen LogP contribution in [0.15, 0.2) is 54.6 Å². The van der Waals surface area contributed by atoms with Gasteiger partial charge in [0.1, 0.15) is 5.75 Å². The normalized spacial score (nSPS) is 10.8. The number of aromatic nitrogens is 2. The van der Waals surface area contributed by atoms with Gasteiger partial charge in [0.2, 0.25) is 5.88 Å². The van der Waals surface area contributed by atoms with Gasteiger partial charge in [-0.15, -0.1) is 0 Å². The molecule has 134 valence electrons. The minimum Gasteiger partial charge on any atom is -0.497 e. The summed E-state index contributed by atoms with van der Waals surface area (Å²) in [5.41, 5.74) is 3.25. The van der Waals surface area contributed by atoms with Gasteiger partial charge in [-0.25, -0.2) is 9.48 Å². The van der Waals surface area contributed by atoms with E-state index in [1.165, 1.54) is 0 Å². The highest BCUT2D eigenvalue weighted by atomic mass is 16.5. The maximum Gasteiger partial charge on any atom is 0.344 e. The van der Waals surface area contributed by atoms with Gasteiger partial charge >= 0.3 is 5.97 Å². The van der Waals surface area contributed by atoms with Crippen LogP contribution in [0.3, 0.4) is 0 Å². The molecule has 1 aromatic heterocycles. The molecule has 0 N–H and O–H groups in total. The maximum absolute atomic E-state index is 12.6. The summed E-state index contributed by atoms with van der Waals surface area (Å²) < 4.78 is 12.5. The first kappa shape index (κ1) is 17.7. The number of aryl methyl sites for hydroxylation is 1. The Morgan fingerprint density at radius 1 is 1.08 bits per heavy atom. The number of hydrogen-bond acceptors (Lipinski definition) is 4. The van der Waals surface area contributed by atoms with Crippen molar-refractivity contribution >= 4 is 5.97 Å². The molecule has 0 bridgehead atoms. The molecule has 0 fully saturated rings. The third kappa shape index (κ3) is 3.61. The molecule has 0 radical (unpaired) electrons. The highest BCUT2D eigenvalue weighted by molar-refractivity contribution is 5.91. The van der Waals surface area contributed by atoms with E-state index < -0.39 is 5.97 Å². The second-order valence-corrected chi connectivity index (χ2v) is 6.38. The molecule has 3 aromatic rings. The average molecular weight is 350 g/mol. The Hall–Kier alpha value is -3.08. The Bertz CT molecular complexity index is 911. The van der Waals surface area contributed by atoms with Crippen molar-refractivity contribution in [2.45, 2.75) is 26.7 Å². The summed E-state index contributed by atoms with van der Waals surface area (Å²) in [7, 11) is 1.58. The Labute approximate surface area is 153 Å². The molecule has 26 heavy (non-hydrogen) atoms. The number of carbonyl (C=O) groups excluding carboxylic acids is 1. The Balaban J connectivity index is 1.95. The summed E-state index contributed by atoms with van der Waals surface area (Å²) in [5, 5.41) is 4.63. The second kappa shape index (κ2) is 7.44. The molecule has 0 aliphatic heterocycles. The Morgan fingerprint density at radius 3 is 2.38 bits per heavy atom. The lowest BCUT2D eigenvalue weighted by atomic mass is 10.1. The minimum absolute atomic E-state index is 0.221. The molecule has 5 nitrogen and oxygen atoms in total. The monoisotopic (exact) mass is 350 g/mol. The summed E-state index contributed by atoms with van der Waals surface area (Å²) in [6, 6.07) is 16.5. The zero-order valence-electron chi connectivity index (χ0n) is 15.4. The highest BCUT2D eigenvalue weighted by Gasteiger charge is 2.18. The molecule has 3 rings (SSSR count). The van der Waals surface area contributed by atoms with Crippen LogP contribution in [0, 0.1) is 6.92 Å². The summed E-state index contributed by atoms with van der Waals surface area (Å²) in [5.74, 6) is 0.883. The molecule has 1 heterocycles. The largest absolute Gasteiger partial charge is 0.497 e. The standard InChI is InChI=1S/C21H22N2O3/c1-14(2)18-13-20(23(22-18)19-8-6-5-7-15(19)3)26-21(24)16-9-11-17(25-4)12-10-16/h5-14H,1-4H3. The number of rotatable bonds is 5. The van der Waals surface area contributed by atoms with Crippen molar-refractivity contribution in [3.63, 3.8) is 0 Å². The third-order valence-electron chi connectivity index (χ3n) is 4.15. The Morgan fingerprint density at radius 2 is 1.77 bits per heavy atom. The van der Waals surface area contributed by atoms with E-state index >= 15 is 0 Å². The molecule has 0 spiro atoms. The predicted molar refractivity (Wildman–Crippen MR) is 100 cm³/mol. The van der Waals surface area contributed by atoms with E-state index in [1.807, 2.05) is 37.3 Å². The summed E-state index contributed by atoms with van der Waals surface area (Å²) in [6.45, 7) is 6.11. The van der Waals surface area contributed by atoms with Gasteiger partial charge in [-0.3, -0.25) is 0 Å².